The van der Waals surface area contributed by atoms with Crippen LogP contribution in [0, 0.1) is 0 Å². The third-order valence-corrected chi connectivity index (χ3v) is 2.31. The number of carbonyl (C=O) groups is 1. The Kier molecular flexibility index (Phi) is 3.24. The van der Waals surface area contributed by atoms with Crippen molar-refractivity contribution in [1.29, 1.82) is 0 Å². The zero-order chi connectivity index (χ0) is 10.0. The number of carbonyl (C=O) groups excluding carboxylic acids is 1. The Bertz CT molecular complexity index is 197. The van der Waals surface area contributed by atoms with E-state index in [1.165, 1.54) is 14.2 Å². The highest BCUT2D eigenvalue weighted by Crippen LogP contribution is 2.22. The van der Waals surface area contributed by atoms with Gasteiger partial charge in [-0.3, -0.25) is 4.90 Å². The second-order valence-corrected chi connectivity index (χ2v) is 3.03. The fourth-order valence-electron chi connectivity index (χ4n) is 1.33. The summed E-state index contributed by atoms with van der Waals surface area (Å²) in [6.45, 7) is 1.89. The number of rotatable bonds is 2. The van der Waals surface area contributed by atoms with Crippen LogP contribution in [0.4, 0.5) is 0 Å². The topological polar surface area (TPSA) is 48.0 Å². The SMILES string of the molecule is COC(=O)C1OC(OC)N(C)C1C. The predicted octanol–water partition coefficient (Wildman–Crippen LogP) is -0.192. The Morgan fingerprint density at radius 3 is 2.46 bits per heavy atom. The van der Waals surface area contributed by atoms with Crippen molar-refractivity contribution in [1.82, 2.24) is 4.90 Å². The van der Waals surface area contributed by atoms with E-state index in [0.29, 0.717) is 0 Å². The molecule has 76 valence electrons. The predicted molar refractivity (Wildman–Crippen MR) is 44.9 cm³/mol. The van der Waals surface area contributed by atoms with Gasteiger partial charge in [-0.2, -0.15) is 0 Å². The lowest BCUT2D eigenvalue weighted by Gasteiger charge is -2.18. The molecule has 0 aromatic rings. The Labute approximate surface area is 77.6 Å². The molecule has 0 radical (unpaired) electrons. The van der Waals surface area contributed by atoms with E-state index in [1.54, 1.807) is 0 Å². The molecule has 5 nitrogen and oxygen atoms in total. The van der Waals surface area contributed by atoms with Gasteiger partial charge in [0, 0.05) is 13.2 Å². The fourth-order valence-corrected chi connectivity index (χ4v) is 1.33. The Hall–Kier alpha value is -0.650. The number of nitrogens with zero attached hydrogens (tertiary/aromatic N) is 1. The number of hydrogen-bond donors (Lipinski definition) is 0. The molecule has 1 saturated heterocycles. The second kappa shape index (κ2) is 4.04. The van der Waals surface area contributed by atoms with Crippen LogP contribution < -0.4 is 0 Å². The molecular weight excluding hydrogens is 174 g/mol. The zero-order valence-electron chi connectivity index (χ0n) is 8.31. The third-order valence-electron chi connectivity index (χ3n) is 2.31. The van der Waals surface area contributed by atoms with Gasteiger partial charge >= 0.3 is 5.97 Å². The van der Waals surface area contributed by atoms with Crippen LogP contribution >= 0.6 is 0 Å². The summed E-state index contributed by atoms with van der Waals surface area (Å²) in [4.78, 5) is 13.0. The van der Waals surface area contributed by atoms with Crippen molar-refractivity contribution in [2.24, 2.45) is 0 Å². The number of esters is 1. The molecule has 1 heterocycles. The minimum absolute atomic E-state index is 0.0302. The normalized spacial score (nSPS) is 34.9. The van der Waals surface area contributed by atoms with E-state index in [1.807, 2.05) is 18.9 Å². The maximum atomic E-state index is 11.2. The summed E-state index contributed by atoms with van der Waals surface area (Å²) in [5.74, 6) is -0.362. The van der Waals surface area contributed by atoms with Crippen molar-refractivity contribution in [3.05, 3.63) is 0 Å². The van der Waals surface area contributed by atoms with Crippen LogP contribution in [-0.4, -0.2) is 50.7 Å². The van der Waals surface area contributed by atoms with Gasteiger partial charge < -0.3 is 14.2 Å². The Balaban J connectivity index is 2.65. The van der Waals surface area contributed by atoms with Crippen molar-refractivity contribution in [2.75, 3.05) is 21.3 Å². The van der Waals surface area contributed by atoms with E-state index >= 15 is 0 Å². The van der Waals surface area contributed by atoms with Gasteiger partial charge in [0.2, 0.25) is 6.41 Å². The van der Waals surface area contributed by atoms with Gasteiger partial charge in [0.05, 0.1) is 7.11 Å². The number of hydrogen-bond acceptors (Lipinski definition) is 5. The fraction of sp³-hybridized carbons (Fsp3) is 0.875. The van der Waals surface area contributed by atoms with Gasteiger partial charge in [-0.1, -0.05) is 0 Å². The molecule has 0 bridgehead atoms. The summed E-state index contributed by atoms with van der Waals surface area (Å²) in [7, 11) is 4.72. The van der Waals surface area contributed by atoms with Crippen LogP contribution in [0.2, 0.25) is 0 Å². The van der Waals surface area contributed by atoms with Crippen molar-refractivity contribution < 1.29 is 19.0 Å². The van der Waals surface area contributed by atoms with Crippen LogP contribution in [0.1, 0.15) is 6.92 Å². The lowest BCUT2D eigenvalue weighted by Crippen LogP contribution is -2.36. The van der Waals surface area contributed by atoms with E-state index in [9.17, 15) is 4.79 Å². The molecule has 0 aromatic heterocycles. The van der Waals surface area contributed by atoms with E-state index < -0.39 is 12.5 Å². The third kappa shape index (κ3) is 1.82. The van der Waals surface area contributed by atoms with Gasteiger partial charge in [0.15, 0.2) is 6.10 Å². The van der Waals surface area contributed by atoms with Crippen molar-refractivity contribution in [3.63, 3.8) is 0 Å². The maximum Gasteiger partial charge on any atom is 0.336 e. The highest BCUT2D eigenvalue weighted by atomic mass is 16.7. The Morgan fingerprint density at radius 1 is 1.46 bits per heavy atom. The molecule has 1 aliphatic rings. The summed E-state index contributed by atoms with van der Waals surface area (Å²) < 4.78 is 14.9. The lowest BCUT2D eigenvalue weighted by molar-refractivity contribution is -0.182. The first-order valence-corrected chi connectivity index (χ1v) is 4.09. The summed E-state index contributed by atoms with van der Waals surface area (Å²) in [5, 5.41) is 0. The molecule has 1 fully saturated rings. The van der Waals surface area contributed by atoms with Crippen molar-refractivity contribution >= 4 is 5.97 Å². The zero-order valence-corrected chi connectivity index (χ0v) is 8.31. The van der Waals surface area contributed by atoms with Gasteiger partial charge in [0.25, 0.3) is 0 Å². The first-order chi connectivity index (χ1) is 6.11. The van der Waals surface area contributed by atoms with Gasteiger partial charge in [0.1, 0.15) is 0 Å². The van der Waals surface area contributed by atoms with Crippen LogP contribution in [0.25, 0.3) is 0 Å². The van der Waals surface area contributed by atoms with Gasteiger partial charge in [-0.25, -0.2) is 4.79 Å². The second-order valence-electron chi connectivity index (χ2n) is 3.03. The largest absolute Gasteiger partial charge is 0.467 e. The Morgan fingerprint density at radius 2 is 2.08 bits per heavy atom. The summed E-state index contributed by atoms with van der Waals surface area (Å²) in [6.07, 6.45) is -1.01. The van der Waals surface area contributed by atoms with E-state index in [2.05, 4.69) is 4.74 Å². The lowest BCUT2D eigenvalue weighted by atomic mass is 10.2. The molecule has 3 unspecified atom stereocenters. The van der Waals surface area contributed by atoms with Crippen molar-refractivity contribution in [3.8, 4) is 0 Å². The first-order valence-electron chi connectivity index (χ1n) is 4.09. The highest BCUT2D eigenvalue weighted by Gasteiger charge is 2.42. The van der Waals surface area contributed by atoms with Crippen LogP contribution in [0.5, 0.6) is 0 Å². The summed E-state index contributed by atoms with van der Waals surface area (Å²) in [6, 6.07) is -0.0302. The maximum absolute atomic E-state index is 11.2. The minimum atomic E-state index is -0.556. The van der Waals surface area contributed by atoms with E-state index in [4.69, 9.17) is 9.47 Å². The molecule has 3 atom stereocenters. The van der Waals surface area contributed by atoms with E-state index in [-0.39, 0.29) is 12.0 Å². The van der Waals surface area contributed by atoms with Gasteiger partial charge in [-0.05, 0) is 14.0 Å². The summed E-state index contributed by atoms with van der Waals surface area (Å²) >= 11 is 0. The first kappa shape index (κ1) is 10.4. The number of likely N-dealkylation sites (N-methyl/N-ethyl adjacent to an activating group) is 1. The summed E-state index contributed by atoms with van der Waals surface area (Å²) in [5.41, 5.74) is 0. The molecule has 1 aliphatic heterocycles. The van der Waals surface area contributed by atoms with Crippen LogP contribution in [0.15, 0.2) is 0 Å². The molecule has 1 rings (SSSR count). The molecule has 5 heteroatoms. The average Bonchev–Trinajstić information content (AvgIpc) is 2.43. The minimum Gasteiger partial charge on any atom is -0.467 e. The number of methoxy groups -OCH3 is 2. The van der Waals surface area contributed by atoms with Crippen molar-refractivity contribution in [2.45, 2.75) is 25.5 Å². The van der Waals surface area contributed by atoms with Crippen LogP contribution in [0.3, 0.4) is 0 Å². The molecular formula is C8H15NO4. The molecule has 13 heavy (non-hydrogen) atoms. The highest BCUT2D eigenvalue weighted by molar-refractivity contribution is 5.75. The van der Waals surface area contributed by atoms with Crippen LogP contribution in [-0.2, 0) is 19.0 Å². The monoisotopic (exact) mass is 189 g/mol. The molecule has 0 aliphatic carbocycles. The number of ether oxygens (including phenoxy) is 3. The standard InChI is InChI=1S/C8H15NO4/c1-5-6(7(10)11-3)13-8(12-4)9(5)2/h5-6,8H,1-4H3. The molecule has 0 amide bonds. The average molecular weight is 189 g/mol. The smallest absolute Gasteiger partial charge is 0.336 e. The quantitative estimate of drug-likeness (QED) is 0.563. The molecule has 0 saturated carbocycles. The molecule has 0 spiro atoms. The van der Waals surface area contributed by atoms with Gasteiger partial charge in [-0.15, -0.1) is 0 Å². The molecule has 0 aromatic carbocycles. The van der Waals surface area contributed by atoms with E-state index in [0.717, 1.165) is 0 Å². The molecule has 0 N–H and O–H groups in total.